The van der Waals surface area contributed by atoms with E-state index in [9.17, 15) is 16.8 Å². The Morgan fingerprint density at radius 1 is 0.543 bits per heavy atom. The molecule has 20 nitrogen and oxygen atoms in total. The number of sulfone groups is 2. The van der Waals surface area contributed by atoms with Gasteiger partial charge in [-0.2, -0.15) is 0 Å². The Morgan fingerprint density at radius 3 is 1.16 bits per heavy atom. The van der Waals surface area contributed by atoms with Crippen LogP contribution >= 0.6 is 0 Å². The van der Waals surface area contributed by atoms with Crippen molar-refractivity contribution in [1.29, 1.82) is 0 Å². The van der Waals surface area contributed by atoms with Crippen molar-refractivity contribution in [3.8, 4) is 0 Å². The van der Waals surface area contributed by atoms with E-state index >= 15 is 0 Å². The van der Waals surface area contributed by atoms with Gasteiger partial charge in [-0.15, -0.1) is 20.4 Å². The van der Waals surface area contributed by atoms with Crippen molar-refractivity contribution in [3.05, 3.63) is 70.9 Å². The molecule has 4 aromatic heterocycles. The highest BCUT2D eigenvalue weighted by Crippen LogP contribution is 2.40. The molecule has 2 saturated heterocycles. The predicted molar refractivity (Wildman–Crippen MR) is 260 cm³/mol. The highest BCUT2D eigenvalue weighted by Gasteiger charge is 2.43. The standard InChI is InChI=1S/2C24H37N5O5S/c2*1-15-11-25-23(26-12-15)16(2)17(3)35(30,31)14-21-27-28-24(18-9-10-34-13-18)29(21)22-19(32-4)7-6-8-20(22)33-5/h2*11-12,16-20,22H,6-10,13-14H2,1-5H3/t16-,17-,18+,19-,20+,22?;16-,17-,18-,19-,20+,22?/m00/s1. The quantitative estimate of drug-likeness (QED) is 0.120. The average Bonchev–Trinajstić information content (AvgIpc) is 4.22. The molecule has 388 valence electrons. The molecule has 2 aliphatic heterocycles. The summed E-state index contributed by atoms with van der Waals surface area (Å²) < 4.78 is 93.2. The molecule has 0 aromatic carbocycles. The van der Waals surface area contributed by atoms with Crippen molar-refractivity contribution in [2.24, 2.45) is 0 Å². The minimum absolute atomic E-state index is 0.0631. The van der Waals surface area contributed by atoms with E-state index in [0.717, 1.165) is 74.1 Å². The molecule has 8 rings (SSSR count). The maximum absolute atomic E-state index is 13.6. The van der Waals surface area contributed by atoms with Crippen molar-refractivity contribution >= 4 is 19.7 Å². The van der Waals surface area contributed by atoms with Crippen LogP contribution in [0.15, 0.2) is 24.8 Å². The predicted octanol–water partition coefficient (Wildman–Crippen LogP) is 5.48. The first-order valence-electron chi connectivity index (χ1n) is 24.7. The summed E-state index contributed by atoms with van der Waals surface area (Å²) in [4.78, 5) is 17.4. The van der Waals surface area contributed by atoms with Crippen LogP contribution in [0.5, 0.6) is 0 Å². The van der Waals surface area contributed by atoms with Gasteiger partial charge in [0.2, 0.25) is 0 Å². The Balaban J connectivity index is 0.000000206. The van der Waals surface area contributed by atoms with Gasteiger partial charge in [0.15, 0.2) is 19.7 Å². The molecule has 0 amide bonds. The first kappa shape index (κ1) is 53.9. The molecule has 2 unspecified atom stereocenters. The summed E-state index contributed by atoms with van der Waals surface area (Å²) in [5.74, 6) is 2.33. The average molecular weight is 1020 g/mol. The molecule has 0 spiro atoms. The van der Waals surface area contributed by atoms with Gasteiger partial charge in [0, 0.05) is 90.1 Å². The largest absolute Gasteiger partial charge is 0.381 e. The number of nitrogens with zero attached hydrogens (tertiary/aromatic N) is 10. The lowest BCUT2D eigenvalue weighted by atomic mass is 9.88. The first-order valence-corrected chi connectivity index (χ1v) is 28.1. The topological polar surface area (TPSA) is 237 Å². The molecule has 0 radical (unpaired) electrons. The molecule has 12 atom stereocenters. The Morgan fingerprint density at radius 2 is 0.871 bits per heavy atom. The molecule has 4 aromatic rings. The maximum Gasteiger partial charge on any atom is 0.160 e. The van der Waals surface area contributed by atoms with E-state index in [-0.39, 0.29) is 71.7 Å². The van der Waals surface area contributed by atoms with Crippen molar-refractivity contribution in [1.82, 2.24) is 49.5 Å². The number of hydrogen-bond donors (Lipinski definition) is 0. The van der Waals surface area contributed by atoms with Gasteiger partial charge in [0.25, 0.3) is 0 Å². The minimum atomic E-state index is -3.61. The molecule has 0 N–H and O–H groups in total. The Hall–Kier alpha value is -3.90. The number of ether oxygens (including phenoxy) is 6. The van der Waals surface area contributed by atoms with Gasteiger partial charge in [0.05, 0.1) is 60.2 Å². The van der Waals surface area contributed by atoms with Crippen LogP contribution in [-0.2, 0) is 59.6 Å². The number of aromatic nitrogens is 10. The Kier molecular flexibility index (Phi) is 18.3. The second-order valence-electron chi connectivity index (χ2n) is 19.6. The fourth-order valence-electron chi connectivity index (χ4n) is 10.4. The third kappa shape index (κ3) is 12.0. The van der Waals surface area contributed by atoms with Gasteiger partial charge < -0.3 is 37.6 Å². The third-order valence-corrected chi connectivity index (χ3v) is 19.5. The van der Waals surface area contributed by atoms with Crippen molar-refractivity contribution < 1.29 is 45.3 Å². The zero-order chi connectivity index (χ0) is 50.3. The van der Waals surface area contributed by atoms with Gasteiger partial charge >= 0.3 is 0 Å². The van der Waals surface area contributed by atoms with Crippen molar-refractivity contribution in [3.63, 3.8) is 0 Å². The van der Waals surface area contributed by atoms with E-state index < -0.39 is 30.2 Å². The smallest absolute Gasteiger partial charge is 0.160 e. The van der Waals surface area contributed by atoms with E-state index in [1.807, 2.05) is 36.8 Å². The number of rotatable bonds is 18. The van der Waals surface area contributed by atoms with E-state index in [0.29, 0.717) is 49.7 Å². The lowest BCUT2D eigenvalue weighted by Gasteiger charge is -2.39. The van der Waals surface area contributed by atoms with Crippen LogP contribution in [0.4, 0.5) is 0 Å². The molecule has 22 heteroatoms. The fraction of sp³-hybridized carbons (Fsp3) is 0.750. The monoisotopic (exact) mass is 1010 g/mol. The van der Waals surface area contributed by atoms with Crippen LogP contribution in [-0.4, -0.2) is 156 Å². The van der Waals surface area contributed by atoms with Crippen LogP contribution in [0.2, 0.25) is 0 Å². The summed E-state index contributed by atoms with van der Waals surface area (Å²) in [6.07, 6.45) is 13.4. The van der Waals surface area contributed by atoms with Gasteiger partial charge in [0.1, 0.15) is 46.5 Å². The van der Waals surface area contributed by atoms with E-state index in [1.165, 1.54) is 0 Å². The van der Waals surface area contributed by atoms with Crippen LogP contribution in [0.3, 0.4) is 0 Å². The highest BCUT2D eigenvalue weighted by atomic mass is 32.2. The van der Waals surface area contributed by atoms with Gasteiger partial charge in [-0.05, 0) is 90.2 Å². The molecular weight excluding hydrogens is 941 g/mol. The normalized spacial score (nSPS) is 27.1. The van der Waals surface area contributed by atoms with E-state index in [1.54, 1.807) is 67.1 Å². The second kappa shape index (κ2) is 23.8. The van der Waals surface area contributed by atoms with Gasteiger partial charge in [-0.25, -0.2) is 36.8 Å². The number of aryl methyl sites for hydroxylation is 2. The highest BCUT2D eigenvalue weighted by molar-refractivity contribution is 7.91. The summed E-state index contributed by atoms with van der Waals surface area (Å²) in [6.45, 7) is 13.3. The summed E-state index contributed by atoms with van der Waals surface area (Å²) >= 11 is 0. The van der Waals surface area contributed by atoms with Crippen LogP contribution in [0.25, 0.3) is 0 Å². The van der Waals surface area contributed by atoms with Gasteiger partial charge in [-0.3, -0.25) is 0 Å². The number of hydrogen-bond acceptors (Lipinski definition) is 18. The molecule has 4 fully saturated rings. The number of methoxy groups -OCH3 is 4. The maximum atomic E-state index is 13.6. The molecule has 70 heavy (non-hydrogen) atoms. The summed E-state index contributed by atoms with van der Waals surface area (Å²) in [6, 6.07) is -0.412. The molecule has 0 bridgehead atoms. The van der Waals surface area contributed by atoms with Gasteiger partial charge in [-0.1, -0.05) is 13.8 Å². The molecule has 6 heterocycles. The molecule has 4 aliphatic rings. The van der Waals surface area contributed by atoms with E-state index in [2.05, 4.69) is 40.3 Å². The Bertz CT molecular complexity index is 2320. The molecule has 2 aliphatic carbocycles. The summed E-state index contributed by atoms with van der Waals surface area (Å²) in [7, 11) is -0.435. The zero-order valence-corrected chi connectivity index (χ0v) is 44.1. The van der Waals surface area contributed by atoms with Crippen LogP contribution < -0.4 is 0 Å². The SMILES string of the molecule is CO[C@H]1CCC[C@@H](OC)C1n1c(CS(=O)(=O)[C@@H](C)[C@H](C)c2ncc(C)cn2)nnc1[C@@H]1CCOC1.CO[C@H]1CCC[C@@H](OC)C1n1c(CS(=O)(=O)[C@@H](C)[C@H](C)c2ncc(C)cn2)nnc1[C@H]1CCOC1. The summed E-state index contributed by atoms with van der Waals surface area (Å²) in [5, 5.41) is 16.4. The lowest BCUT2D eigenvalue weighted by Crippen LogP contribution is -2.42. The third-order valence-electron chi connectivity index (χ3n) is 15.1. The fourth-order valence-corrected chi connectivity index (χ4v) is 13.5. The van der Waals surface area contributed by atoms with Crippen LogP contribution in [0, 0.1) is 13.8 Å². The zero-order valence-electron chi connectivity index (χ0n) is 42.5. The summed E-state index contributed by atoms with van der Waals surface area (Å²) in [5.41, 5.74) is 1.86. The molecule has 2 saturated carbocycles. The first-order chi connectivity index (χ1) is 33.5. The van der Waals surface area contributed by atoms with Crippen molar-refractivity contribution in [2.45, 2.75) is 175 Å². The second-order valence-corrected chi connectivity index (χ2v) is 24.3. The minimum Gasteiger partial charge on any atom is -0.381 e. The van der Waals surface area contributed by atoms with E-state index in [4.69, 9.17) is 28.4 Å². The molecular formula is C48H74N10O10S2. The lowest BCUT2D eigenvalue weighted by molar-refractivity contribution is -0.0579. The van der Waals surface area contributed by atoms with Crippen molar-refractivity contribution in [2.75, 3.05) is 54.9 Å². The Labute approximate surface area is 413 Å². The van der Waals surface area contributed by atoms with Crippen LogP contribution in [0.1, 0.15) is 161 Å².